The summed E-state index contributed by atoms with van der Waals surface area (Å²) in [5, 5.41) is 5.97. The Kier molecular flexibility index (Phi) is 4.61. The van der Waals surface area contributed by atoms with Crippen LogP contribution in [0, 0.1) is 11.3 Å². The van der Waals surface area contributed by atoms with E-state index >= 15 is 0 Å². The third-order valence-corrected chi connectivity index (χ3v) is 5.44. The molecule has 0 aromatic heterocycles. The quantitative estimate of drug-likeness (QED) is 0.701. The predicted octanol–water partition coefficient (Wildman–Crippen LogP) is 1.61. The van der Waals surface area contributed by atoms with E-state index < -0.39 is 0 Å². The van der Waals surface area contributed by atoms with Crippen LogP contribution in [-0.4, -0.2) is 37.1 Å². The molecule has 120 valence electrons. The van der Waals surface area contributed by atoms with E-state index in [1.807, 2.05) is 0 Å². The molecule has 2 aliphatic rings. The van der Waals surface area contributed by atoms with Gasteiger partial charge in [0.2, 0.25) is 11.8 Å². The highest BCUT2D eigenvalue weighted by Crippen LogP contribution is 2.51. The van der Waals surface area contributed by atoms with E-state index in [0.717, 1.165) is 19.3 Å². The van der Waals surface area contributed by atoms with Gasteiger partial charge in [0, 0.05) is 37.5 Å². The van der Waals surface area contributed by atoms with E-state index in [4.69, 9.17) is 4.74 Å². The van der Waals surface area contributed by atoms with Crippen molar-refractivity contribution in [2.45, 2.75) is 64.5 Å². The van der Waals surface area contributed by atoms with Gasteiger partial charge in [-0.05, 0) is 32.6 Å². The molecule has 0 bridgehead atoms. The molecule has 2 saturated carbocycles. The highest BCUT2D eigenvalue weighted by Gasteiger charge is 2.58. The maximum Gasteiger partial charge on any atom is 0.223 e. The van der Waals surface area contributed by atoms with Crippen molar-refractivity contribution >= 4 is 11.8 Å². The van der Waals surface area contributed by atoms with Gasteiger partial charge in [0.1, 0.15) is 0 Å². The minimum absolute atomic E-state index is 0.0579. The molecule has 0 heterocycles. The number of carbonyl (C=O) groups excluding carboxylic acids is 2. The second-order valence-electron chi connectivity index (χ2n) is 7.15. The van der Waals surface area contributed by atoms with Gasteiger partial charge in [-0.15, -0.1) is 0 Å². The third kappa shape index (κ3) is 3.39. The fourth-order valence-corrected chi connectivity index (χ4v) is 2.94. The summed E-state index contributed by atoms with van der Waals surface area (Å²) in [4.78, 5) is 23.4. The van der Waals surface area contributed by atoms with E-state index in [9.17, 15) is 9.59 Å². The number of rotatable bonds is 7. The smallest absolute Gasteiger partial charge is 0.223 e. The molecule has 0 spiro atoms. The summed E-state index contributed by atoms with van der Waals surface area (Å²) in [7, 11) is 1.72. The highest BCUT2D eigenvalue weighted by molar-refractivity contribution is 5.81. The van der Waals surface area contributed by atoms with Crippen LogP contribution in [0.5, 0.6) is 0 Å². The summed E-state index contributed by atoms with van der Waals surface area (Å²) in [5.74, 6) is 0.444. The number of methoxy groups -OCH3 is 1. The Hall–Kier alpha value is -1.10. The van der Waals surface area contributed by atoms with Crippen LogP contribution in [0.4, 0.5) is 0 Å². The van der Waals surface area contributed by atoms with Gasteiger partial charge in [-0.3, -0.25) is 9.59 Å². The van der Waals surface area contributed by atoms with E-state index in [-0.39, 0.29) is 34.8 Å². The van der Waals surface area contributed by atoms with Crippen molar-refractivity contribution in [3.05, 3.63) is 0 Å². The van der Waals surface area contributed by atoms with Crippen molar-refractivity contribution in [2.24, 2.45) is 11.3 Å². The molecule has 0 aliphatic heterocycles. The zero-order chi connectivity index (χ0) is 15.7. The first kappa shape index (κ1) is 16.3. The van der Waals surface area contributed by atoms with Crippen molar-refractivity contribution in [3.63, 3.8) is 0 Å². The lowest BCUT2D eigenvalue weighted by Gasteiger charge is -2.59. The zero-order valence-corrected chi connectivity index (χ0v) is 13.6. The minimum Gasteiger partial charge on any atom is -0.378 e. The van der Waals surface area contributed by atoms with Crippen LogP contribution in [0.2, 0.25) is 0 Å². The van der Waals surface area contributed by atoms with Crippen molar-refractivity contribution in [3.8, 4) is 0 Å². The van der Waals surface area contributed by atoms with Gasteiger partial charge in [-0.1, -0.05) is 13.8 Å². The molecule has 5 nitrogen and oxygen atoms in total. The molecule has 0 saturated heterocycles. The number of ether oxygens (including phenoxy) is 1. The Balaban J connectivity index is 1.63. The van der Waals surface area contributed by atoms with Gasteiger partial charge in [-0.2, -0.15) is 0 Å². The van der Waals surface area contributed by atoms with Gasteiger partial charge in [0.25, 0.3) is 0 Å². The Morgan fingerprint density at radius 3 is 2.43 bits per heavy atom. The predicted molar refractivity (Wildman–Crippen MR) is 80.7 cm³/mol. The van der Waals surface area contributed by atoms with E-state index in [1.165, 1.54) is 0 Å². The molecule has 0 unspecified atom stereocenters. The average Bonchev–Trinajstić information content (AvgIpc) is 3.27. The summed E-state index contributed by atoms with van der Waals surface area (Å²) in [6.45, 7) is 6.93. The SMILES string of the molecule is CO[C@@]1(C)C[C@@H](NC(=O)CCCNC(=O)C2CC2)C1(C)C. The lowest BCUT2D eigenvalue weighted by molar-refractivity contribution is -0.182. The number of carbonyl (C=O) groups is 2. The summed E-state index contributed by atoms with van der Waals surface area (Å²) >= 11 is 0. The monoisotopic (exact) mass is 296 g/mol. The molecule has 21 heavy (non-hydrogen) atoms. The second kappa shape index (κ2) is 5.95. The van der Waals surface area contributed by atoms with Crippen LogP contribution in [0.15, 0.2) is 0 Å². The molecular formula is C16H28N2O3. The van der Waals surface area contributed by atoms with Crippen molar-refractivity contribution < 1.29 is 14.3 Å². The first-order chi connectivity index (χ1) is 9.80. The van der Waals surface area contributed by atoms with Crippen molar-refractivity contribution in [2.75, 3.05) is 13.7 Å². The van der Waals surface area contributed by atoms with Gasteiger partial charge in [0.05, 0.1) is 5.60 Å². The summed E-state index contributed by atoms with van der Waals surface area (Å²) in [6, 6.07) is 0.163. The summed E-state index contributed by atoms with van der Waals surface area (Å²) in [5.41, 5.74) is -0.221. The molecule has 2 rings (SSSR count). The maximum absolute atomic E-state index is 12.0. The van der Waals surface area contributed by atoms with Gasteiger partial charge in [-0.25, -0.2) is 0 Å². The second-order valence-corrected chi connectivity index (χ2v) is 7.15. The normalized spacial score (nSPS) is 30.4. The van der Waals surface area contributed by atoms with Crippen LogP contribution < -0.4 is 10.6 Å². The molecule has 2 amide bonds. The minimum atomic E-state index is -0.164. The summed E-state index contributed by atoms with van der Waals surface area (Å²) < 4.78 is 5.56. The molecule has 5 heteroatoms. The van der Waals surface area contributed by atoms with Crippen molar-refractivity contribution in [1.82, 2.24) is 10.6 Å². The molecule has 2 atom stereocenters. The van der Waals surface area contributed by atoms with Crippen LogP contribution in [0.25, 0.3) is 0 Å². The lowest BCUT2D eigenvalue weighted by Crippen LogP contribution is -2.68. The number of amides is 2. The molecule has 2 fully saturated rings. The van der Waals surface area contributed by atoms with Crippen LogP contribution in [-0.2, 0) is 14.3 Å². The molecule has 0 aromatic rings. The van der Waals surface area contributed by atoms with Crippen molar-refractivity contribution in [1.29, 1.82) is 0 Å². The Bertz CT molecular complexity index is 418. The highest BCUT2D eigenvalue weighted by atomic mass is 16.5. The van der Waals surface area contributed by atoms with Gasteiger partial charge < -0.3 is 15.4 Å². The summed E-state index contributed by atoms with van der Waals surface area (Å²) in [6.07, 6.45) is 4.03. The Morgan fingerprint density at radius 2 is 1.90 bits per heavy atom. The molecular weight excluding hydrogens is 268 g/mol. The van der Waals surface area contributed by atoms with E-state index in [1.54, 1.807) is 7.11 Å². The lowest BCUT2D eigenvalue weighted by atomic mass is 9.56. The van der Waals surface area contributed by atoms with E-state index in [2.05, 4.69) is 31.4 Å². The standard InChI is InChI=1S/C16H28N2O3/c1-15(2)12(10-16(15,3)21-4)18-13(19)6-5-9-17-14(20)11-7-8-11/h11-12H,5-10H2,1-4H3,(H,17,20)(H,18,19)/t12-,16+/m1/s1. The maximum atomic E-state index is 12.0. The zero-order valence-electron chi connectivity index (χ0n) is 13.6. The third-order valence-electron chi connectivity index (χ3n) is 5.44. The first-order valence-corrected chi connectivity index (χ1v) is 7.92. The fraction of sp³-hybridized carbons (Fsp3) is 0.875. The average molecular weight is 296 g/mol. The van der Waals surface area contributed by atoms with Crippen LogP contribution in [0.3, 0.4) is 0 Å². The molecule has 0 radical (unpaired) electrons. The molecule has 0 aromatic carbocycles. The topological polar surface area (TPSA) is 67.4 Å². The largest absolute Gasteiger partial charge is 0.378 e. The van der Waals surface area contributed by atoms with Gasteiger partial charge >= 0.3 is 0 Å². The van der Waals surface area contributed by atoms with Crippen LogP contribution >= 0.6 is 0 Å². The van der Waals surface area contributed by atoms with Crippen LogP contribution in [0.1, 0.15) is 52.9 Å². The molecule has 2 N–H and O–H groups in total. The Morgan fingerprint density at radius 1 is 1.24 bits per heavy atom. The number of hydrogen-bond acceptors (Lipinski definition) is 3. The number of hydrogen-bond donors (Lipinski definition) is 2. The number of nitrogens with one attached hydrogen (secondary N) is 2. The fourth-order valence-electron chi connectivity index (χ4n) is 2.94. The Labute approximate surface area is 127 Å². The van der Waals surface area contributed by atoms with E-state index in [0.29, 0.717) is 19.4 Å². The first-order valence-electron chi connectivity index (χ1n) is 7.92. The molecule has 2 aliphatic carbocycles. The van der Waals surface area contributed by atoms with Gasteiger partial charge in [0.15, 0.2) is 0 Å².